The van der Waals surface area contributed by atoms with E-state index in [0.717, 1.165) is 18.2 Å². The minimum absolute atomic E-state index is 0.0534. The van der Waals surface area contributed by atoms with Crippen LogP contribution in [0, 0.1) is 5.82 Å². The van der Waals surface area contributed by atoms with Gasteiger partial charge >= 0.3 is 11.9 Å². The van der Waals surface area contributed by atoms with Gasteiger partial charge in [-0.1, -0.05) is 23.7 Å². The van der Waals surface area contributed by atoms with Gasteiger partial charge in [0.05, 0.1) is 19.2 Å². The lowest BCUT2D eigenvalue weighted by molar-refractivity contribution is -0.131. The number of ether oxygens (including phenoxy) is 4. The minimum Gasteiger partial charge on any atom is -0.493 e. The topological polar surface area (TPSA) is 71.1 Å². The van der Waals surface area contributed by atoms with Gasteiger partial charge in [0.25, 0.3) is 0 Å². The lowest BCUT2D eigenvalue weighted by Crippen LogP contribution is -2.10. The highest BCUT2D eigenvalue weighted by molar-refractivity contribution is 6.32. The minimum atomic E-state index is -0.999. The summed E-state index contributed by atoms with van der Waals surface area (Å²) in [5.74, 6) is -2.52. The zero-order chi connectivity index (χ0) is 19.1. The van der Waals surface area contributed by atoms with E-state index in [-0.39, 0.29) is 22.3 Å². The Bertz CT molecular complexity index is 807. The molecule has 0 bridgehead atoms. The predicted molar refractivity (Wildman–Crippen MR) is 91.4 cm³/mol. The molecule has 0 spiro atoms. The second-order valence-corrected chi connectivity index (χ2v) is 5.13. The van der Waals surface area contributed by atoms with Crippen LogP contribution in [0.1, 0.15) is 0 Å². The molecule has 2 aromatic rings. The monoisotopic (exact) mass is 380 g/mol. The van der Waals surface area contributed by atoms with Crippen LogP contribution in [0.25, 0.3) is 0 Å². The highest BCUT2D eigenvalue weighted by atomic mass is 35.5. The molecular weight excluding hydrogens is 367 g/mol. The average Bonchev–Trinajstić information content (AvgIpc) is 2.63. The molecule has 26 heavy (non-hydrogen) atoms. The van der Waals surface area contributed by atoms with E-state index in [9.17, 15) is 14.0 Å². The fourth-order valence-electron chi connectivity index (χ4n) is 1.90. The Morgan fingerprint density at radius 2 is 1.38 bits per heavy atom. The third-order valence-corrected chi connectivity index (χ3v) is 3.36. The third kappa shape index (κ3) is 4.73. The number of carbonyl (C=O) groups is 2. The summed E-state index contributed by atoms with van der Waals surface area (Å²) >= 11 is 5.75. The molecule has 0 saturated carbocycles. The van der Waals surface area contributed by atoms with Crippen LogP contribution < -0.4 is 18.9 Å². The Morgan fingerprint density at radius 3 is 1.88 bits per heavy atom. The second-order valence-electron chi connectivity index (χ2n) is 4.72. The van der Waals surface area contributed by atoms with Crippen molar-refractivity contribution in [2.24, 2.45) is 0 Å². The number of rotatable bonds is 6. The van der Waals surface area contributed by atoms with Crippen LogP contribution in [0.15, 0.2) is 48.6 Å². The number of carbonyl (C=O) groups excluding carboxylic acids is 2. The number of hydrogen-bond donors (Lipinski definition) is 0. The zero-order valence-corrected chi connectivity index (χ0v) is 14.6. The van der Waals surface area contributed by atoms with E-state index in [4.69, 9.17) is 30.5 Å². The van der Waals surface area contributed by atoms with Crippen LogP contribution in [0.3, 0.4) is 0 Å². The van der Waals surface area contributed by atoms with Crippen molar-refractivity contribution < 1.29 is 32.9 Å². The first-order valence-corrected chi connectivity index (χ1v) is 7.60. The first-order chi connectivity index (χ1) is 12.5. The van der Waals surface area contributed by atoms with Gasteiger partial charge in [0.15, 0.2) is 23.1 Å². The van der Waals surface area contributed by atoms with E-state index in [1.807, 2.05) is 0 Å². The van der Waals surface area contributed by atoms with Gasteiger partial charge in [-0.2, -0.15) is 0 Å². The van der Waals surface area contributed by atoms with Crippen LogP contribution in [-0.4, -0.2) is 26.2 Å². The van der Waals surface area contributed by atoms with Crippen molar-refractivity contribution in [1.29, 1.82) is 0 Å². The molecule has 0 aliphatic heterocycles. The van der Waals surface area contributed by atoms with Gasteiger partial charge in [-0.25, -0.2) is 14.0 Å². The van der Waals surface area contributed by atoms with Crippen molar-refractivity contribution in [1.82, 2.24) is 0 Å². The molecule has 6 nitrogen and oxygen atoms in total. The van der Waals surface area contributed by atoms with Crippen molar-refractivity contribution >= 4 is 23.5 Å². The highest BCUT2D eigenvalue weighted by Crippen LogP contribution is 2.36. The molecule has 0 radical (unpaired) electrons. The van der Waals surface area contributed by atoms with E-state index in [2.05, 4.69) is 0 Å². The lowest BCUT2D eigenvalue weighted by Gasteiger charge is -2.11. The maximum absolute atomic E-state index is 13.6. The van der Waals surface area contributed by atoms with Crippen molar-refractivity contribution in [3.05, 3.63) is 59.4 Å². The van der Waals surface area contributed by atoms with Gasteiger partial charge < -0.3 is 18.9 Å². The first kappa shape index (κ1) is 19.3. The van der Waals surface area contributed by atoms with Gasteiger partial charge in [-0.15, -0.1) is 0 Å². The molecule has 8 heteroatoms. The Balaban J connectivity index is 2.07. The van der Waals surface area contributed by atoms with Gasteiger partial charge in [0.1, 0.15) is 0 Å². The fourth-order valence-corrected chi connectivity index (χ4v) is 2.10. The van der Waals surface area contributed by atoms with Gasteiger partial charge in [0, 0.05) is 12.2 Å². The number of methoxy groups -OCH3 is 2. The number of halogens is 2. The van der Waals surface area contributed by atoms with Crippen LogP contribution in [0.4, 0.5) is 4.39 Å². The smallest absolute Gasteiger partial charge is 0.336 e. The van der Waals surface area contributed by atoms with Crippen LogP contribution in [0.2, 0.25) is 5.02 Å². The maximum Gasteiger partial charge on any atom is 0.336 e. The van der Waals surface area contributed by atoms with Gasteiger partial charge in [0.2, 0.25) is 5.75 Å². The maximum atomic E-state index is 13.6. The Kier molecular flexibility index (Phi) is 6.57. The van der Waals surface area contributed by atoms with E-state index < -0.39 is 23.5 Å². The van der Waals surface area contributed by atoms with E-state index in [1.54, 1.807) is 18.2 Å². The number of para-hydroxylation sites is 2. The second kappa shape index (κ2) is 8.87. The molecule has 0 fully saturated rings. The number of benzene rings is 2. The van der Waals surface area contributed by atoms with Crippen LogP contribution in [-0.2, 0) is 9.59 Å². The summed E-state index contributed by atoms with van der Waals surface area (Å²) in [5.41, 5.74) is 0. The Labute approximate surface area is 153 Å². The summed E-state index contributed by atoms with van der Waals surface area (Å²) in [7, 11) is 2.80. The molecule has 0 unspecified atom stereocenters. The molecule has 2 rings (SSSR count). The van der Waals surface area contributed by atoms with Crippen LogP contribution >= 0.6 is 11.6 Å². The van der Waals surface area contributed by atoms with E-state index in [0.29, 0.717) is 0 Å². The largest absolute Gasteiger partial charge is 0.493 e. The molecule has 0 aliphatic carbocycles. The highest BCUT2D eigenvalue weighted by Gasteiger charge is 2.15. The quantitative estimate of drug-likeness (QED) is 0.433. The molecule has 0 atom stereocenters. The van der Waals surface area contributed by atoms with E-state index >= 15 is 0 Å². The Hall–Kier alpha value is -3.06. The Morgan fingerprint density at radius 1 is 0.885 bits per heavy atom. The molecule has 2 aromatic carbocycles. The van der Waals surface area contributed by atoms with Crippen molar-refractivity contribution in [3.63, 3.8) is 0 Å². The number of esters is 2. The fraction of sp³-hybridized carbons (Fsp3) is 0.111. The first-order valence-electron chi connectivity index (χ1n) is 7.23. The van der Waals surface area contributed by atoms with Gasteiger partial charge in [-0.3, -0.25) is 0 Å². The molecule has 136 valence electrons. The molecule has 0 aromatic heterocycles. The van der Waals surface area contributed by atoms with Crippen molar-refractivity contribution in [2.45, 2.75) is 0 Å². The molecule has 0 N–H and O–H groups in total. The zero-order valence-electron chi connectivity index (χ0n) is 13.8. The summed E-state index contributed by atoms with van der Waals surface area (Å²) in [6, 6.07) is 8.61. The SMILES string of the molecule is COc1cccc(OC)c1OC(=O)/C=C/C(=O)Oc1c(F)cccc1Cl. The summed E-state index contributed by atoms with van der Waals surface area (Å²) in [6.45, 7) is 0. The normalized spacial score (nSPS) is 10.5. The van der Waals surface area contributed by atoms with Gasteiger partial charge in [-0.05, 0) is 24.3 Å². The van der Waals surface area contributed by atoms with Crippen LogP contribution in [0.5, 0.6) is 23.0 Å². The van der Waals surface area contributed by atoms with E-state index in [1.165, 1.54) is 26.4 Å². The predicted octanol–water partition coefficient (Wildman–Crippen LogP) is 3.56. The molecular formula is C18H14ClFO6. The average molecular weight is 381 g/mol. The molecule has 0 aliphatic rings. The summed E-state index contributed by atoms with van der Waals surface area (Å²) < 4.78 is 33.6. The molecule has 0 amide bonds. The summed E-state index contributed by atoms with van der Waals surface area (Å²) in [4.78, 5) is 23.6. The van der Waals surface area contributed by atoms with Crippen molar-refractivity contribution in [3.8, 4) is 23.0 Å². The molecule has 0 saturated heterocycles. The third-order valence-electron chi connectivity index (χ3n) is 3.06. The summed E-state index contributed by atoms with van der Waals surface area (Å²) in [5, 5.41) is -0.0758. The molecule has 0 heterocycles. The van der Waals surface area contributed by atoms with Crippen molar-refractivity contribution in [2.75, 3.05) is 14.2 Å². The summed E-state index contributed by atoms with van der Waals surface area (Å²) in [6.07, 6.45) is 1.61. The lowest BCUT2D eigenvalue weighted by atomic mass is 10.3. The number of hydrogen-bond acceptors (Lipinski definition) is 6. The standard InChI is InChI=1S/C18H14ClFO6/c1-23-13-7-4-8-14(24-2)18(13)26-16(22)10-9-15(21)25-17-11(19)5-3-6-12(17)20/h3-10H,1-2H3/b10-9+.